The standard InChI is InChI=1S/C20H15ClN2O2S/c21-20-13-19(12-11-17(20)14-22)26(24,25)23(18-9-5-2-6-10-18)15-16-7-3-1-4-8-16/h1-13H,15H2. The van der Waals surface area contributed by atoms with Crippen LogP contribution < -0.4 is 4.31 Å². The summed E-state index contributed by atoms with van der Waals surface area (Å²) in [6.07, 6.45) is 0. The van der Waals surface area contributed by atoms with Crippen LogP contribution in [0.1, 0.15) is 11.1 Å². The predicted molar refractivity (Wildman–Crippen MR) is 102 cm³/mol. The van der Waals surface area contributed by atoms with Crippen molar-refractivity contribution >= 4 is 27.3 Å². The Labute approximate surface area is 157 Å². The second kappa shape index (κ2) is 7.61. The van der Waals surface area contributed by atoms with Crippen LogP contribution in [-0.2, 0) is 16.6 Å². The Hall–Kier alpha value is -2.81. The van der Waals surface area contributed by atoms with E-state index in [9.17, 15) is 8.42 Å². The highest BCUT2D eigenvalue weighted by Gasteiger charge is 2.26. The lowest BCUT2D eigenvalue weighted by Crippen LogP contribution is -2.30. The lowest BCUT2D eigenvalue weighted by Gasteiger charge is -2.25. The number of para-hydroxylation sites is 1. The van der Waals surface area contributed by atoms with Crippen molar-refractivity contribution in [3.63, 3.8) is 0 Å². The van der Waals surface area contributed by atoms with E-state index in [-0.39, 0.29) is 22.0 Å². The van der Waals surface area contributed by atoms with Gasteiger partial charge in [0.25, 0.3) is 10.0 Å². The molecule has 0 bridgehead atoms. The molecule has 3 aromatic carbocycles. The molecular formula is C20H15ClN2O2S. The second-order valence-corrected chi connectivity index (χ2v) is 7.86. The van der Waals surface area contributed by atoms with E-state index in [1.807, 2.05) is 42.5 Å². The van der Waals surface area contributed by atoms with Gasteiger partial charge in [0.15, 0.2) is 0 Å². The number of nitrogens with zero attached hydrogens (tertiary/aromatic N) is 2. The summed E-state index contributed by atoms with van der Waals surface area (Å²) in [7, 11) is -3.86. The summed E-state index contributed by atoms with van der Waals surface area (Å²) in [6, 6.07) is 24.3. The first-order valence-corrected chi connectivity index (χ1v) is 9.65. The Kier molecular flexibility index (Phi) is 5.27. The van der Waals surface area contributed by atoms with E-state index in [0.717, 1.165) is 5.56 Å². The minimum atomic E-state index is -3.86. The third kappa shape index (κ3) is 3.72. The van der Waals surface area contributed by atoms with E-state index in [2.05, 4.69) is 0 Å². The van der Waals surface area contributed by atoms with E-state index >= 15 is 0 Å². The molecule has 26 heavy (non-hydrogen) atoms. The molecule has 130 valence electrons. The average molecular weight is 383 g/mol. The lowest BCUT2D eigenvalue weighted by atomic mass is 10.2. The lowest BCUT2D eigenvalue weighted by molar-refractivity contribution is 0.590. The van der Waals surface area contributed by atoms with Crippen molar-refractivity contribution in [2.45, 2.75) is 11.4 Å². The molecule has 0 aliphatic heterocycles. The van der Waals surface area contributed by atoms with Crippen molar-refractivity contribution in [3.8, 4) is 6.07 Å². The molecule has 3 aromatic rings. The molecule has 0 aliphatic rings. The summed E-state index contributed by atoms with van der Waals surface area (Å²) in [5, 5.41) is 9.11. The quantitative estimate of drug-likeness (QED) is 0.647. The van der Waals surface area contributed by atoms with Crippen molar-refractivity contribution in [2.75, 3.05) is 4.31 Å². The van der Waals surface area contributed by atoms with E-state index < -0.39 is 10.0 Å². The van der Waals surface area contributed by atoms with Gasteiger partial charge in [-0.2, -0.15) is 5.26 Å². The molecule has 4 nitrogen and oxygen atoms in total. The number of anilines is 1. The van der Waals surface area contributed by atoms with Crippen LogP contribution in [0.15, 0.2) is 83.8 Å². The zero-order chi connectivity index (χ0) is 18.6. The summed E-state index contributed by atoms with van der Waals surface area (Å²) in [5.74, 6) is 0. The van der Waals surface area contributed by atoms with Crippen molar-refractivity contribution in [1.29, 1.82) is 5.26 Å². The molecule has 0 saturated heterocycles. The van der Waals surface area contributed by atoms with Crippen LogP contribution in [0.5, 0.6) is 0 Å². The van der Waals surface area contributed by atoms with Crippen LogP contribution in [0.3, 0.4) is 0 Å². The fourth-order valence-corrected chi connectivity index (χ4v) is 4.30. The molecule has 0 atom stereocenters. The highest BCUT2D eigenvalue weighted by atomic mass is 35.5. The minimum Gasteiger partial charge on any atom is -0.262 e. The van der Waals surface area contributed by atoms with Gasteiger partial charge in [-0.3, -0.25) is 4.31 Å². The minimum absolute atomic E-state index is 0.0429. The van der Waals surface area contributed by atoms with Crippen molar-refractivity contribution < 1.29 is 8.42 Å². The van der Waals surface area contributed by atoms with Crippen LogP contribution in [0.25, 0.3) is 0 Å². The Morgan fingerprint density at radius 3 is 2.12 bits per heavy atom. The average Bonchev–Trinajstić information content (AvgIpc) is 2.67. The van der Waals surface area contributed by atoms with Gasteiger partial charge in [-0.15, -0.1) is 0 Å². The number of rotatable bonds is 5. The molecule has 0 saturated carbocycles. The fourth-order valence-electron chi connectivity index (χ4n) is 2.53. The number of halogens is 1. The van der Waals surface area contributed by atoms with Crippen LogP contribution >= 0.6 is 11.6 Å². The molecule has 3 rings (SSSR count). The van der Waals surface area contributed by atoms with E-state index in [1.54, 1.807) is 24.3 Å². The summed E-state index contributed by atoms with van der Waals surface area (Å²) in [5.41, 5.74) is 1.65. The van der Waals surface area contributed by atoms with E-state index in [0.29, 0.717) is 5.69 Å². The maximum absolute atomic E-state index is 13.3. The summed E-state index contributed by atoms with van der Waals surface area (Å²) in [4.78, 5) is 0.0429. The number of nitriles is 1. The predicted octanol–water partition coefficient (Wildman–Crippen LogP) is 4.61. The molecule has 0 radical (unpaired) electrons. The molecule has 6 heteroatoms. The molecule has 0 N–H and O–H groups in total. The van der Waals surface area contributed by atoms with Gasteiger partial charge in [-0.1, -0.05) is 60.1 Å². The van der Waals surface area contributed by atoms with Crippen LogP contribution in [-0.4, -0.2) is 8.42 Å². The Bertz CT molecular complexity index is 1050. The fraction of sp³-hybridized carbons (Fsp3) is 0.0500. The maximum atomic E-state index is 13.3. The van der Waals surface area contributed by atoms with E-state index in [4.69, 9.17) is 16.9 Å². The topological polar surface area (TPSA) is 61.2 Å². The SMILES string of the molecule is N#Cc1ccc(S(=O)(=O)N(Cc2ccccc2)c2ccccc2)cc1Cl. The van der Waals surface area contributed by atoms with Gasteiger partial charge in [-0.05, 0) is 35.9 Å². The van der Waals surface area contributed by atoms with Gasteiger partial charge in [0.1, 0.15) is 6.07 Å². The Balaban J connectivity index is 2.08. The monoisotopic (exact) mass is 382 g/mol. The van der Waals surface area contributed by atoms with Crippen molar-refractivity contribution in [3.05, 3.63) is 95.0 Å². The molecule has 0 amide bonds. The molecule has 0 spiro atoms. The van der Waals surface area contributed by atoms with Gasteiger partial charge in [0.05, 0.1) is 27.7 Å². The van der Waals surface area contributed by atoms with Crippen LogP contribution in [0.2, 0.25) is 5.02 Å². The maximum Gasteiger partial charge on any atom is 0.264 e. The summed E-state index contributed by atoms with van der Waals surface area (Å²) >= 11 is 6.04. The third-order valence-electron chi connectivity index (χ3n) is 3.86. The highest BCUT2D eigenvalue weighted by Crippen LogP contribution is 2.28. The Morgan fingerprint density at radius 2 is 1.54 bits per heavy atom. The first kappa shape index (κ1) is 18.0. The van der Waals surface area contributed by atoms with Crippen molar-refractivity contribution in [2.24, 2.45) is 0 Å². The number of sulfonamides is 1. The first-order valence-electron chi connectivity index (χ1n) is 7.84. The largest absolute Gasteiger partial charge is 0.264 e. The molecule has 0 unspecified atom stereocenters. The molecule has 0 fully saturated rings. The van der Waals surface area contributed by atoms with E-state index in [1.165, 1.54) is 22.5 Å². The normalized spacial score (nSPS) is 10.9. The number of hydrogen-bond acceptors (Lipinski definition) is 3. The first-order chi connectivity index (χ1) is 12.5. The Morgan fingerprint density at radius 1 is 0.923 bits per heavy atom. The van der Waals surface area contributed by atoms with Gasteiger partial charge in [0, 0.05) is 0 Å². The number of hydrogen-bond donors (Lipinski definition) is 0. The summed E-state index contributed by atoms with van der Waals surface area (Å²) in [6.45, 7) is 0.185. The molecule has 0 aliphatic carbocycles. The molecular weight excluding hydrogens is 368 g/mol. The van der Waals surface area contributed by atoms with Gasteiger partial charge >= 0.3 is 0 Å². The summed E-state index contributed by atoms with van der Waals surface area (Å²) < 4.78 is 27.9. The zero-order valence-corrected chi connectivity index (χ0v) is 15.3. The third-order valence-corrected chi connectivity index (χ3v) is 5.94. The van der Waals surface area contributed by atoms with Crippen molar-refractivity contribution in [1.82, 2.24) is 0 Å². The van der Waals surface area contributed by atoms with Crippen LogP contribution in [0, 0.1) is 11.3 Å². The van der Waals surface area contributed by atoms with Gasteiger partial charge < -0.3 is 0 Å². The second-order valence-electron chi connectivity index (χ2n) is 5.59. The highest BCUT2D eigenvalue weighted by molar-refractivity contribution is 7.92. The van der Waals surface area contributed by atoms with Gasteiger partial charge in [-0.25, -0.2) is 8.42 Å². The molecule has 0 aromatic heterocycles. The van der Waals surface area contributed by atoms with Crippen LogP contribution in [0.4, 0.5) is 5.69 Å². The number of benzene rings is 3. The molecule has 0 heterocycles. The zero-order valence-electron chi connectivity index (χ0n) is 13.7. The van der Waals surface area contributed by atoms with Gasteiger partial charge in [0.2, 0.25) is 0 Å². The smallest absolute Gasteiger partial charge is 0.262 e.